The molecule has 0 bridgehead atoms. The maximum Gasteiger partial charge on any atom is 0.435 e. The minimum Gasteiger partial charge on any atom is -0.462 e. The number of alkyl halides is 3. The molecule has 0 saturated carbocycles. The third-order valence-electron chi connectivity index (χ3n) is 3.02. The number of hydrogen-bond donors (Lipinski definition) is 1. The molecule has 0 amide bonds. The van der Waals surface area contributed by atoms with Crippen molar-refractivity contribution in [3.63, 3.8) is 0 Å². The van der Waals surface area contributed by atoms with Crippen molar-refractivity contribution in [1.82, 2.24) is 10.3 Å². The molecule has 1 aromatic rings. The highest BCUT2D eigenvalue weighted by Gasteiger charge is 2.41. The van der Waals surface area contributed by atoms with Gasteiger partial charge in [-0.1, -0.05) is 0 Å². The van der Waals surface area contributed by atoms with Crippen molar-refractivity contribution in [2.45, 2.75) is 31.9 Å². The van der Waals surface area contributed by atoms with E-state index in [1.54, 1.807) is 6.92 Å². The highest BCUT2D eigenvalue weighted by atomic mass is 32.1. The summed E-state index contributed by atoms with van der Waals surface area (Å²) in [5.74, 6) is -1.02. The van der Waals surface area contributed by atoms with Gasteiger partial charge in [-0.25, -0.2) is 9.78 Å². The monoisotopic (exact) mass is 308 g/mol. The lowest BCUT2D eigenvalue weighted by atomic mass is 10.0. The number of esters is 1. The normalized spacial score (nSPS) is 19.9. The van der Waals surface area contributed by atoms with Gasteiger partial charge in [0.1, 0.15) is 4.88 Å². The van der Waals surface area contributed by atoms with Gasteiger partial charge in [0.2, 0.25) is 0 Å². The number of aromatic nitrogens is 1. The van der Waals surface area contributed by atoms with Crippen molar-refractivity contribution >= 4 is 17.3 Å². The van der Waals surface area contributed by atoms with Crippen molar-refractivity contribution in [3.8, 4) is 0 Å². The molecule has 1 atom stereocenters. The van der Waals surface area contributed by atoms with Crippen molar-refractivity contribution in [2.24, 2.45) is 0 Å². The third kappa shape index (κ3) is 3.29. The van der Waals surface area contributed by atoms with Crippen molar-refractivity contribution < 1.29 is 22.7 Å². The number of carbonyl (C=O) groups is 1. The number of carbonyl (C=O) groups excluding carboxylic acids is 1. The number of ether oxygens (including phenoxy) is 1. The van der Waals surface area contributed by atoms with Crippen molar-refractivity contribution in [1.29, 1.82) is 0 Å². The molecule has 2 rings (SSSR count). The van der Waals surface area contributed by atoms with E-state index in [1.807, 2.05) is 0 Å². The molecule has 1 aliphatic rings. The molecule has 1 aromatic heterocycles. The molecule has 1 unspecified atom stereocenters. The lowest BCUT2D eigenvalue weighted by Crippen LogP contribution is -2.28. The molecule has 1 fully saturated rings. The first kappa shape index (κ1) is 15.2. The van der Waals surface area contributed by atoms with Crippen LogP contribution in [0, 0.1) is 0 Å². The second kappa shape index (κ2) is 6.09. The summed E-state index contributed by atoms with van der Waals surface area (Å²) in [6.45, 7) is 3.04. The maximum absolute atomic E-state index is 13.0. The van der Waals surface area contributed by atoms with Crippen molar-refractivity contribution in [2.75, 3.05) is 19.7 Å². The van der Waals surface area contributed by atoms with Gasteiger partial charge in [-0.05, 0) is 26.3 Å². The van der Waals surface area contributed by atoms with E-state index >= 15 is 0 Å². The Bertz CT molecular complexity index is 482. The molecule has 4 nitrogen and oxygen atoms in total. The van der Waals surface area contributed by atoms with E-state index < -0.39 is 22.7 Å². The molecule has 8 heteroatoms. The van der Waals surface area contributed by atoms with Crippen LogP contribution in [0.2, 0.25) is 0 Å². The standard InChI is InChI=1S/C12H15F3N2O2S/c1-2-19-11(18)8-9(12(13,14)15)17-10(20-8)7-4-3-5-16-6-7/h7,16H,2-6H2,1H3. The van der Waals surface area contributed by atoms with Gasteiger partial charge < -0.3 is 10.1 Å². The van der Waals surface area contributed by atoms with Crippen LogP contribution in [0.15, 0.2) is 0 Å². The van der Waals surface area contributed by atoms with Crippen LogP contribution in [0.1, 0.15) is 46.1 Å². The topological polar surface area (TPSA) is 51.2 Å². The lowest BCUT2D eigenvalue weighted by Gasteiger charge is -2.20. The van der Waals surface area contributed by atoms with E-state index in [0.717, 1.165) is 30.7 Å². The van der Waals surface area contributed by atoms with Gasteiger partial charge in [-0.2, -0.15) is 13.2 Å². The molecule has 1 aliphatic heterocycles. The van der Waals surface area contributed by atoms with E-state index in [0.29, 0.717) is 11.6 Å². The number of nitrogens with one attached hydrogen (secondary N) is 1. The summed E-state index contributed by atoms with van der Waals surface area (Å²) < 4.78 is 43.5. The SMILES string of the molecule is CCOC(=O)c1sc(C2CCCNC2)nc1C(F)(F)F. The highest BCUT2D eigenvalue weighted by molar-refractivity contribution is 7.13. The van der Waals surface area contributed by atoms with Crippen LogP contribution < -0.4 is 5.32 Å². The quantitative estimate of drug-likeness (QED) is 0.872. The highest BCUT2D eigenvalue weighted by Crippen LogP contribution is 2.38. The smallest absolute Gasteiger partial charge is 0.435 e. The van der Waals surface area contributed by atoms with E-state index in [2.05, 4.69) is 15.0 Å². The van der Waals surface area contributed by atoms with Crippen LogP contribution in [0.3, 0.4) is 0 Å². The fourth-order valence-corrected chi connectivity index (χ4v) is 3.22. The molecular weight excluding hydrogens is 293 g/mol. The molecule has 20 heavy (non-hydrogen) atoms. The molecule has 0 aromatic carbocycles. The number of hydrogen-bond acceptors (Lipinski definition) is 5. The Morgan fingerprint density at radius 2 is 2.30 bits per heavy atom. The summed E-state index contributed by atoms with van der Waals surface area (Å²) in [7, 11) is 0. The number of piperidine rings is 1. The number of halogens is 3. The van der Waals surface area contributed by atoms with Gasteiger partial charge >= 0.3 is 12.1 Å². The number of nitrogens with zero attached hydrogens (tertiary/aromatic N) is 1. The third-order valence-corrected chi connectivity index (χ3v) is 4.22. The second-order valence-corrected chi connectivity index (χ2v) is 5.52. The van der Waals surface area contributed by atoms with E-state index in [-0.39, 0.29) is 12.5 Å². The van der Waals surface area contributed by atoms with Crippen LogP contribution in [-0.2, 0) is 10.9 Å². The van der Waals surface area contributed by atoms with Gasteiger partial charge in [-0.15, -0.1) is 11.3 Å². The van der Waals surface area contributed by atoms with E-state index in [1.165, 1.54) is 0 Å². The Morgan fingerprint density at radius 3 is 2.85 bits per heavy atom. The largest absolute Gasteiger partial charge is 0.462 e. The zero-order valence-electron chi connectivity index (χ0n) is 10.9. The van der Waals surface area contributed by atoms with Gasteiger partial charge in [0.15, 0.2) is 5.69 Å². The molecule has 1 N–H and O–H groups in total. The zero-order chi connectivity index (χ0) is 14.8. The first-order chi connectivity index (χ1) is 9.43. The zero-order valence-corrected chi connectivity index (χ0v) is 11.7. The molecular formula is C12H15F3N2O2S. The molecule has 112 valence electrons. The summed E-state index contributed by atoms with van der Waals surface area (Å²) in [5.41, 5.74) is -1.12. The average Bonchev–Trinajstić information content (AvgIpc) is 2.85. The second-order valence-electron chi connectivity index (χ2n) is 4.49. The van der Waals surface area contributed by atoms with Gasteiger partial charge in [0, 0.05) is 12.5 Å². The first-order valence-electron chi connectivity index (χ1n) is 6.39. The van der Waals surface area contributed by atoms with Crippen LogP contribution in [-0.4, -0.2) is 30.6 Å². The Labute approximate surface area is 118 Å². The first-order valence-corrected chi connectivity index (χ1v) is 7.21. The Kier molecular flexibility index (Phi) is 4.64. The predicted molar refractivity (Wildman–Crippen MR) is 67.9 cm³/mol. The van der Waals surface area contributed by atoms with Crippen LogP contribution in [0.5, 0.6) is 0 Å². The Hall–Kier alpha value is -1.15. The van der Waals surface area contributed by atoms with E-state index in [4.69, 9.17) is 0 Å². The molecule has 0 spiro atoms. The fraction of sp³-hybridized carbons (Fsp3) is 0.667. The number of rotatable bonds is 3. The summed E-state index contributed by atoms with van der Waals surface area (Å²) in [6, 6.07) is 0. The molecule has 2 heterocycles. The van der Waals surface area contributed by atoms with Crippen LogP contribution >= 0.6 is 11.3 Å². The minimum absolute atomic E-state index is 0.0361. The fourth-order valence-electron chi connectivity index (χ4n) is 2.10. The molecule has 1 saturated heterocycles. The van der Waals surface area contributed by atoms with Crippen LogP contribution in [0.4, 0.5) is 13.2 Å². The summed E-state index contributed by atoms with van der Waals surface area (Å²) in [5, 5.41) is 3.48. The van der Waals surface area contributed by atoms with Crippen LogP contribution in [0.25, 0.3) is 0 Å². The summed E-state index contributed by atoms with van der Waals surface area (Å²) in [4.78, 5) is 14.9. The van der Waals surface area contributed by atoms with Gasteiger partial charge in [0.25, 0.3) is 0 Å². The molecule has 0 radical (unpaired) electrons. The number of thiazole rings is 1. The summed E-state index contributed by atoms with van der Waals surface area (Å²) >= 11 is 0.795. The Balaban J connectivity index is 2.33. The van der Waals surface area contributed by atoms with Gasteiger partial charge in [-0.3, -0.25) is 0 Å². The Morgan fingerprint density at radius 1 is 1.55 bits per heavy atom. The van der Waals surface area contributed by atoms with E-state index in [9.17, 15) is 18.0 Å². The lowest BCUT2D eigenvalue weighted by molar-refractivity contribution is -0.141. The minimum atomic E-state index is -4.64. The summed E-state index contributed by atoms with van der Waals surface area (Å²) in [6.07, 6.45) is -2.97. The average molecular weight is 308 g/mol. The van der Waals surface area contributed by atoms with Crippen molar-refractivity contribution in [3.05, 3.63) is 15.6 Å². The van der Waals surface area contributed by atoms with Gasteiger partial charge in [0.05, 0.1) is 11.6 Å². The predicted octanol–water partition coefficient (Wildman–Crippen LogP) is 2.81. The molecule has 0 aliphatic carbocycles. The maximum atomic E-state index is 13.0.